The highest BCUT2D eigenvalue weighted by Gasteiger charge is 2.21. The van der Waals surface area contributed by atoms with Gasteiger partial charge in [0.1, 0.15) is 11.1 Å². The van der Waals surface area contributed by atoms with Crippen molar-refractivity contribution >= 4 is 57.3 Å². The van der Waals surface area contributed by atoms with Crippen LogP contribution in [0.15, 0.2) is 34.7 Å². The molecular weight excluding hydrogens is 483 g/mol. The molecule has 0 fully saturated rings. The van der Waals surface area contributed by atoms with Gasteiger partial charge in [0.25, 0.3) is 0 Å². The third kappa shape index (κ3) is 5.26. The first kappa shape index (κ1) is 23.1. The summed E-state index contributed by atoms with van der Waals surface area (Å²) in [7, 11) is 0. The van der Waals surface area contributed by atoms with E-state index in [1.54, 1.807) is 25.1 Å². The van der Waals surface area contributed by atoms with E-state index in [4.69, 9.17) is 28.2 Å². The van der Waals surface area contributed by atoms with Crippen molar-refractivity contribution in [1.82, 2.24) is 9.97 Å². The maximum Gasteiger partial charge on any atom is 0.239 e. The molecule has 0 saturated carbocycles. The lowest BCUT2D eigenvalue weighted by molar-refractivity contribution is -0.115. The van der Waals surface area contributed by atoms with Gasteiger partial charge in [-0.2, -0.15) is 5.26 Å². The number of fused-ring (bicyclic) bond motifs is 1. The molecule has 1 amide bonds. The van der Waals surface area contributed by atoms with E-state index in [-0.39, 0.29) is 5.91 Å². The number of amides is 1. The van der Waals surface area contributed by atoms with Crippen LogP contribution in [0.2, 0.25) is 10.0 Å². The number of thiazole rings is 1. The SMILES string of the molecule is CC(Sc1nc2c(cc1C#N)CCCCC2)C(=O)Nc1nc(-c2ccc(Cl)cc2Cl)cs1. The molecular formula is C23H20Cl2N4OS2. The van der Waals surface area contributed by atoms with Crippen LogP contribution in [-0.2, 0) is 17.6 Å². The van der Waals surface area contributed by atoms with Crippen LogP contribution in [0, 0.1) is 11.3 Å². The van der Waals surface area contributed by atoms with Crippen molar-refractivity contribution in [2.24, 2.45) is 0 Å². The Balaban J connectivity index is 1.47. The lowest BCUT2D eigenvalue weighted by Crippen LogP contribution is -2.22. The smallest absolute Gasteiger partial charge is 0.239 e. The second-order valence-corrected chi connectivity index (χ2v) is 10.6. The first-order valence-corrected chi connectivity index (χ1v) is 12.8. The van der Waals surface area contributed by atoms with Gasteiger partial charge in [0.2, 0.25) is 5.91 Å². The first-order chi connectivity index (χ1) is 15.4. The zero-order chi connectivity index (χ0) is 22.7. The number of carbonyl (C=O) groups is 1. The number of carbonyl (C=O) groups excluding carboxylic acids is 1. The average Bonchev–Trinajstić information content (AvgIpc) is 3.09. The summed E-state index contributed by atoms with van der Waals surface area (Å²) in [5, 5.41) is 16.0. The van der Waals surface area contributed by atoms with Crippen LogP contribution in [0.4, 0.5) is 5.13 Å². The van der Waals surface area contributed by atoms with E-state index in [2.05, 4.69) is 16.4 Å². The fraction of sp³-hybridized carbons (Fsp3) is 0.304. The molecule has 32 heavy (non-hydrogen) atoms. The second-order valence-electron chi connectivity index (χ2n) is 7.53. The highest BCUT2D eigenvalue weighted by molar-refractivity contribution is 8.00. The van der Waals surface area contributed by atoms with Gasteiger partial charge in [0.15, 0.2) is 5.13 Å². The van der Waals surface area contributed by atoms with Gasteiger partial charge in [0, 0.05) is 21.7 Å². The summed E-state index contributed by atoms with van der Waals surface area (Å²) in [6, 6.07) is 9.41. The highest BCUT2D eigenvalue weighted by atomic mass is 35.5. The first-order valence-electron chi connectivity index (χ1n) is 10.3. The Kier molecular flexibility index (Phi) is 7.37. The number of pyridine rings is 1. The third-order valence-corrected chi connectivity index (χ3v) is 7.64. The zero-order valence-electron chi connectivity index (χ0n) is 17.3. The van der Waals surface area contributed by atoms with Crippen molar-refractivity contribution in [3.8, 4) is 17.3 Å². The van der Waals surface area contributed by atoms with Gasteiger partial charge in [-0.25, -0.2) is 9.97 Å². The summed E-state index contributed by atoms with van der Waals surface area (Å²) in [6.07, 6.45) is 5.29. The molecule has 2 aromatic heterocycles. The van der Waals surface area contributed by atoms with Crippen molar-refractivity contribution in [3.63, 3.8) is 0 Å². The van der Waals surface area contributed by atoms with Gasteiger partial charge in [0.05, 0.1) is 21.5 Å². The number of benzene rings is 1. The number of hydrogen-bond acceptors (Lipinski definition) is 6. The van der Waals surface area contributed by atoms with Crippen molar-refractivity contribution in [1.29, 1.82) is 5.26 Å². The summed E-state index contributed by atoms with van der Waals surface area (Å²) >= 11 is 14.9. The molecule has 4 rings (SSSR count). The molecule has 0 bridgehead atoms. The average molecular weight is 503 g/mol. The Hall–Kier alpha value is -2.11. The molecule has 0 aliphatic heterocycles. The van der Waals surface area contributed by atoms with E-state index < -0.39 is 5.25 Å². The lowest BCUT2D eigenvalue weighted by atomic mass is 10.1. The molecule has 1 aliphatic carbocycles. The van der Waals surface area contributed by atoms with Crippen LogP contribution in [0.1, 0.15) is 43.0 Å². The number of aromatic nitrogens is 2. The minimum Gasteiger partial charge on any atom is -0.301 e. The number of anilines is 1. The molecule has 1 aromatic carbocycles. The van der Waals surface area contributed by atoms with Crippen LogP contribution >= 0.6 is 46.3 Å². The normalized spacial score (nSPS) is 14.2. The van der Waals surface area contributed by atoms with Crippen LogP contribution in [0.5, 0.6) is 0 Å². The Bertz CT molecular complexity index is 1210. The molecule has 1 N–H and O–H groups in total. The summed E-state index contributed by atoms with van der Waals surface area (Å²) in [4.78, 5) is 22.0. The Morgan fingerprint density at radius 3 is 2.81 bits per heavy atom. The predicted octanol–water partition coefficient (Wildman–Crippen LogP) is 6.77. The molecule has 0 radical (unpaired) electrons. The third-order valence-electron chi connectivity index (χ3n) is 5.24. The number of nitriles is 1. The molecule has 1 unspecified atom stereocenters. The van der Waals surface area contributed by atoms with Gasteiger partial charge in [-0.1, -0.05) is 41.4 Å². The summed E-state index contributed by atoms with van der Waals surface area (Å²) in [5.74, 6) is -0.196. The Morgan fingerprint density at radius 1 is 1.22 bits per heavy atom. The highest BCUT2D eigenvalue weighted by Crippen LogP contribution is 2.33. The van der Waals surface area contributed by atoms with Crippen LogP contribution in [0.3, 0.4) is 0 Å². The molecule has 0 saturated heterocycles. The fourth-order valence-corrected chi connectivity index (χ4v) is 5.66. The number of nitrogens with zero attached hydrogens (tertiary/aromatic N) is 3. The number of hydrogen-bond donors (Lipinski definition) is 1. The van der Waals surface area contributed by atoms with E-state index >= 15 is 0 Å². The van der Waals surface area contributed by atoms with Crippen molar-refractivity contribution in [2.75, 3.05) is 5.32 Å². The lowest BCUT2D eigenvalue weighted by Gasteiger charge is -2.13. The van der Waals surface area contributed by atoms with Gasteiger partial charge >= 0.3 is 0 Å². The van der Waals surface area contributed by atoms with Crippen LogP contribution in [-0.4, -0.2) is 21.1 Å². The number of thioether (sulfide) groups is 1. The molecule has 1 aliphatic rings. The summed E-state index contributed by atoms with van der Waals surface area (Å²) in [6.45, 7) is 1.80. The van der Waals surface area contributed by atoms with Gasteiger partial charge in [-0.3, -0.25) is 4.79 Å². The number of nitrogens with one attached hydrogen (secondary N) is 1. The largest absolute Gasteiger partial charge is 0.301 e. The van der Waals surface area contributed by atoms with Crippen molar-refractivity contribution in [2.45, 2.75) is 49.3 Å². The Morgan fingerprint density at radius 2 is 2.03 bits per heavy atom. The topological polar surface area (TPSA) is 78.7 Å². The van der Waals surface area contributed by atoms with E-state index in [9.17, 15) is 10.1 Å². The van der Waals surface area contributed by atoms with Crippen molar-refractivity contribution in [3.05, 3.63) is 56.5 Å². The predicted molar refractivity (Wildman–Crippen MR) is 132 cm³/mol. The molecule has 3 aromatic rings. The minimum absolute atomic E-state index is 0.196. The van der Waals surface area contributed by atoms with E-state index in [0.717, 1.165) is 42.5 Å². The molecule has 2 heterocycles. The zero-order valence-corrected chi connectivity index (χ0v) is 20.5. The summed E-state index contributed by atoms with van der Waals surface area (Å²) in [5.41, 5.74) is 4.18. The molecule has 0 spiro atoms. The van der Waals surface area contributed by atoms with Crippen LogP contribution < -0.4 is 5.32 Å². The summed E-state index contributed by atoms with van der Waals surface area (Å²) < 4.78 is 0. The number of aryl methyl sites for hydroxylation is 2. The van der Waals surface area contributed by atoms with Crippen molar-refractivity contribution < 1.29 is 4.79 Å². The quantitative estimate of drug-likeness (QED) is 0.307. The maximum atomic E-state index is 12.8. The second kappa shape index (κ2) is 10.2. The van der Waals surface area contributed by atoms with Gasteiger partial charge < -0.3 is 5.32 Å². The maximum absolute atomic E-state index is 12.8. The van der Waals surface area contributed by atoms with Gasteiger partial charge in [-0.05, 0) is 62.4 Å². The molecule has 1 atom stereocenters. The van der Waals surface area contributed by atoms with Gasteiger partial charge in [-0.15, -0.1) is 11.3 Å². The molecule has 9 heteroatoms. The minimum atomic E-state index is -0.440. The van der Waals surface area contributed by atoms with E-state index in [1.807, 2.05) is 11.4 Å². The van der Waals surface area contributed by atoms with E-state index in [0.29, 0.717) is 31.5 Å². The monoisotopic (exact) mass is 502 g/mol. The molecule has 164 valence electrons. The molecule has 5 nitrogen and oxygen atoms in total. The van der Waals surface area contributed by atoms with Crippen LogP contribution in [0.25, 0.3) is 11.3 Å². The number of rotatable bonds is 5. The Labute approximate surface area is 205 Å². The number of halogens is 2. The van der Waals surface area contributed by atoms with E-state index in [1.165, 1.54) is 29.5 Å². The fourth-order valence-electron chi connectivity index (χ4n) is 3.54. The standard InChI is InChI=1S/C23H20Cl2N4OS2/c1-13(32-22-15(11-26)9-14-5-3-2-4-6-19(14)27-22)21(30)29-23-28-20(12-31-23)17-8-7-16(24)10-18(17)25/h7-10,12-13H,2-6H2,1H3,(H,28,29,30).